The molecule has 10 aromatic rings. The fraction of sp³-hybridized carbons (Fsp3) is 0. The van der Waals surface area contributed by atoms with Crippen LogP contribution in [0.3, 0.4) is 0 Å². The van der Waals surface area contributed by atoms with Crippen LogP contribution < -0.4 is 0 Å². The Labute approximate surface area is 321 Å². The third-order valence-electron chi connectivity index (χ3n) is 10.2. The molecule has 0 unspecified atom stereocenters. The van der Waals surface area contributed by atoms with Gasteiger partial charge >= 0.3 is 0 Å². The highest BCUT2D eigenvalue weighted by molar-refractivity contribution is 6.09. The van der Waals surface area contributed by atoms with Gasteiger partial charge in [-0.3, -0.25) is 0 Å². The second kappa shape index (κ2) is 13.8. The van der Waals surface area contributed by atoms with Crippen molar-refractivity contribution in [2.45, 2.75) is 0 Å². The molecule has 0 spiro atoms. The summed E-state index contributed by atoms with van der Waals surface area (Å²) in [5, 5.41) is 2.28. The summed E-state index contributed by atoms with van der Waals surface area (Å²) < 4.78 is 12.0. The van der Waals surface area contributed by atoms with E-state index < -0.39 is 0 Å². The average molecular weight is 704 g/mol. The number of nitrogens with zero attached hydrogens (tertiary/aromatic N) is 4. The van der Waals surface area contributed by atoms with E-state index >= 15 is 0 Å². The summed E-state index contributed by atoms with van der Waals surface area (Å²) in [5.74, 6) is 1.52. The summed E-state index contributed by atoms with van der Waals surface area (Å²) >= 11 is 0. The number of hydrogen-bond donors (Lipinski definition) is 0. The second-order valence-corrected chi connectivity index (χ2v) is 13.6. The lowest BCUT2D eigenvalue weighted by Gasteiger charge is -2.16. The van der Waals surface area contributed by atoms with Crippen LogP contribution in [0.15, 0.2) is 206 Å². The lowest BCUT2D eigenvalue weighted by Crippen LogP contribution is -2.04. The molecule has 8 aromatic carbocycles. The summed E-state index contributed by atoms with van der Waals surface area (Å²) in [6, 6.07) is 69.0. The molecule has 0 fully saturated rings. The Kier molecular flexibility index (Phi) is 7.84. The molecule has 0 amide bonds. The van der Waals surface area contributed by atoms with E-state index in [0.29, 0.717) is 29.1 Å². The van der Waals surface area contributed by atoms with Crippen molar-refractivity contribution in [3.05, 3.63) is 206 Å². The smallest absolute Gasteiger partial charge is 0.166 e. The quantitative estimate of drug-likeness (QED) is 0.166. The van der Waals surface area contributed by atoms with Crippen molar-refractivity contribution in [3.8, 4) is 73.2 Å². The van der Waals surface area contributed by atoms with E-state index in [2.05, 4.69) is 138 Å². The molecule has 0 aliphatic carbocycles. The molecular formula is C51H34N4. The zero-order valence-electron chi connectivity index (χ0n) is 30.8. The van der Waals surface area contributed by atoms with Gasteiger partial charge in [-0.25, -0.2) is 15.0 Å². The Morgan fingerprint density at radius 1 is 0.327 bits per heavy atom. The van der Waals surface area contributed by atoms with Gasteiger partial charge in [-0.15, -0.1) is 0 Å². The van der Waals surface area contributed by atoms with Crippen LogP contribution in [0, 0.1) is 0 Å². The molecule has 0 radical (unpaired) electrons. The third kappa shape index (κ3) is 6.06. The van der Waals surface area contributed by atoms with Crippen molar-refractivity contribution in [2.24, 2.45) is 0 Å². The molecule has 10 rings (SSSR count). The first-order chi connectivity index (χ1) is 27.7. The summed E-state index contributed by atoms with van der Waals surface area (Å²) in [6.07, 6.45) is 0. The highest BCUT2D eigenvalue weighted by Crippen LogP contribution is 2.38. The lowest BCUT2D eigenvalue weighted by molar-refractivity contribution is 1.06. The molecule has 258 valence electrons. The normalized spacial score (nSPS) is 11.5. The maximum atomic E-state index is 9.72. The number of aromatic nitrogens is 4. The van der Waals surface area contributed by atoms with E-state index in [-0.39, 0.29) is 0 Å². The Morgan fingerprint density at radius 2 is 0.745 bits per heavy atom. The van der Waals surface area contributed by atoms with Gasteiger partial charge in [-0.1, -0.05) is 176 Å². The molecule has 0 saturated heterocycles. The molecule has 4 heteroatoms. The minimum Gasteiger partial charge on any atom is -0.308 e. The predicted octanol–water partition coefficient (Wildman–Crippen LogP) is 13.0. The molecule has 0 aliphatic rings. The van der Waals surface area contributed by atoms with E-state index in [1.807, 2.05) is 66.7 Å². The van der Waals surface area contributed by atoms with Crippen LogP contribution in [0.2, 0.25) is 0 Å². The van der Waals surface area contributed by atoms with Crippen LogP contribution in [0.5, 0.6) is 0 Å². The average Bonchev–Trinajstić information content (AvgIpc) is 3.61. The number of hydrogen-bond acceptors (Lipinski definition) is 3. The number of fused-ring (bicyclic) bond motifs is 3. The standard InChI is InChI=1S/C51H34N4/c1-4-15-35(16-5-1)37-27-29-38(30-28-37)40-21-14-22-42(33-40)50-52-49(39-19-8-3-9-20-39)53-51(54-50)45-32-31-41(36-17-6-2-7-18-36)34-48(45)55-46-25-12-10-23-43(46)44-24-11-13-26-47(44)55/h1-34H/i32D. The van der Waals surface area contributed by atoms with E-state index in [1.165, 1.54) is 11.1 Å². The molecule has 0 bridgehead atoms. The summed E-state index contributed by atoms with van der Waals surface area (Å²) in [6.45, 7) is 0. The molecule has 0 aliphatic heterocycles. The summed E-state index contributed by atoms with van der Waals surface area (Å²) in [4.78, 5) is 15.5. The highest BCUT2D eigenvalue weighted by Gasteiger charge is 2.20. The van der Waals surface area contributed by atoms with Crippen LogP contribution in [0.25, 0.3) is 95.0 Å². The number of rotatable bonds is 7. The highest BCUT2D eigenvalue weighted by atomic mass is 15.1. The number of benzene rings is 8. The van der Waals surface area contributed by atoms with Gasteiger partial charge in [-0.2, -0.15) is 0 Å². The fourth-order valence-corrected chi connectivity index (χ4v) is 7.48. The van der Waals surface area contributed by atoms with Crippen LogP contribution >= 0.6 is 0 Å². The molecule has 0 atom stereocenters. The molecule has 0 saturated carbocycles. The van der Waals surface area contributed by atoms with Crippen molar-refractivity contribution in [2.75, 3.05) is 0 Å². The van der Waals surface area contributed by atoms with E-state index in [1.54, 1.807) is 0 Å². The van der Waals surface area contributed by atoms with Gasteiger partial charge in [0, 0.05) is 27.5 Å². The van der Waals surface area contributed by atoms with Gasteiger partial charge in [0.25, 0.3) is 0 Å². The fourth-order valence-electron chi connectivity index (χ4n) is 7.48. The maximum absolute atomic E-state index is 9.72. The van der Waals surface area contributed by atoms with Gasteiger partial charge in [0.1, 0.15) is 0 Å². The Bertz CT molecular complexity index is 2960. The molecule has 2 aromatic heterocycles. The monoisotopic (exact) mass is 703 g/mol. The van der Waals surface area contributed by atoms with Gasteiger partial charge in [0.2, 0.25) is 0 Å². The minimum atomic E-state index is 0.326. The zero-order chi connectivity index (χ0) is 37.4. The van der Waals surface area contributed by atoms with E-state index in [4.69, 9.17) is 15.0 Å². The van der Waals surface area contributed by atoms with Crippen molar-refractivity contribution < 1.29 is 1.37 Å². The maximum Gasteiger partial charge on any atom is 0.166 e. The predicted molar refractivity (Wildman–Crippen MR) is 227 cm³/mol. The van der Waals surface area contributed by atoms with Crippen LogP contribution in [0.1, 0.15) is 1.37 Å². The summed E-state index contributed by atoms with van der Waals surface area (Å²) in [5.41, 5.74) is 11.8. The lowest BCUT2D eigenvalue weighted by atomic mass is 9.99. The van der Waals surface area contributed by atoms with Gasteiger partial charge < -0.3 is 4.57 Å². The first-order valence-corrected chi connectivity index (χ1v) is 18.4. The SMILES string of the molecule is [2H]c1cc(-c2ccccc2)cc(-n2c3ccccc3c3ccccc32)c1-c1nc(-c2ccccc2)nc(-c2cccc(-c3ccc(-c4ccccc4)cc3)c2)n1. The van der Waals surface area contributed by atoms with Crippen molar-refractivity contribution in [1.29, 1.82) is 0 Å². The van der Waals surface area contributed by atoms with E-state index in [9.17, 15) is 1.37 Å². The topological polar surface area (TPSA) is 43.6 Å². The van der Waals surface area contributed by atoms with Crippen molar-refractivity contribution >= 4 is 21.8 Å². The largest absolute Gasteiger partial charge is 0.308 e. The Morgan fingerprint density at radius 3 is 1.36 bits per heavy atom. The Balaban J connectivity index is 1.19. The second-order valence-electron chi connectivity index (χ2n) is 13.6. The summed E-state index contributed by atoms with van der Waals surface area (Å²) in [7, 11) is 0. The molecule has 55 heavy (non-hydrogen) atoms. The number of para-hydroxylation sites is 2. The molecule has 0 N–H and O–H groups in total. The van der Waals surface area contributed by atoms with Crippen LogP contribution in [-0.4, -0.2) is 19.5 Å². The Hall–Kier alpha value is -7.43. The molecule has 4 nitrogen and oxygen atoms in total. The third-order valence-corrected chi connectivity index (χ3v) is 10.2. The van der Waals surface area contributed by atoms with Gasteiger partial charge in [0.05, 0.1) is 18.1 Å². The van der Waals surface area contributed by atoms with Crippen LogP contribution in [-0.2, 0) is 0 Å². The van der Waals surface area contributed by atoms with Gasteiger partial charge in [0.15, 0.2) is 17.5 Å². The molecule has 2 heterocycles. The van der Waals surface area contributed by atoms with Gasteiger partial charge in [-0.05, 0) is 63.7 Å². The first-order valence-electron chi connectivity index (χ1n) is 18.9. The van der Waals surface area contributed by atoms with Crippen molar-refractivity contribution in [3.63, 3.8) is 0 Å². The minimum absolute atomic E-state index is 0.326. The van der Waals surface area contributed by atoms with E-state index in [0.717, 1.165) is 60.9 Å². The zero-order valence-corrected chi connectivity index (χ0v) is 29.8. The first kappa shape index (κ1) is 31.1. The molecular weight excluding hydrogens is 669 g/mol. The van der Waals surface area contributed by atoms with Crippen LogP contribution in [0.4, 0.5) is 0 Å². The van der Waals surface area contributed by atoms with Crippen molar-refractivity contribution in [1.82, 2.24) is 19.5 Å².